The van der Waals surface area contributed by atoms with Crippen LogP contribution < -0.4 is 0 Å². The molecule has 1 heterocycles. The second kappa shape index (κ2) is 10.8. The summed E-state index contributed by atoms with van der Waals surface area (Å²) in [5.41, 5.74) is -0.387. The van der Waals surface area contributed by atoms with Crippen LogP contribution in [0, 0.1) is 0 Å². The lowest BCUT2D eigenvalue weighted by Gasteiger charge is -2.45. The highest BCUT2D eigenvalue weighted by Gasteiger charge is 2.49. The molecule has 166 valence electrons. The van der Waals surface area contributed by atoms with Crippen molar-refractivity contribution in [1.29, 1.82) is 0 Å². The summed E-state index contributed by atoms with van der Waals surface area (Å²) in [5, 5.41) is 29.8. The first kappa shape index (κ1) is 25.3. The monoisotopic (exact) mass is 416 g/mol. The van der Waals surface area contributed by atoms with Gasteiger partial charge in [-0.15, -0.1) is 0 Å². The zero-order valence-corrected chi connectivity index (χ0v) is 17.4. The second-order valence-electron chi connectivity index (χ2n) is 7.50. The van der Waals surface area contributed by atoms with Crippen LogP contribution in [0.25, 0.3) is 0 Å². The van der Waals surface area contributed by atoms with Crippen LogP contribution in [-0.2, 0) is 28.5 Å². The predicted molar refractivity (Wildman–Crippen MR) is 103 cm³/mol. The third-order valence-electron chi connectivity index (χ3n) is 4.65. The first-order valence-corrected chi connectivity index (χ1v) is 9.37. The molecule has 0 spiro atoms. The van der Waals surface area contributed by atoms with Crippen LogP contribution in [0.4, 0.5) is 0 Å². The minimum absolute atomic E-state index is 0.372. The Bertz CT molecular complexity index is 601. The number of aliphatic hydroxyl groups is 3. The first-order chi connectivity index (χ1) is 13.4. The summed E-state index contributed by atoms with van der Waals surface area (Å²) in [6.07, 6.45) is -5.09. The van der Waals surface area contributed by atoms with Crippen molar-refractivity contribution in [2.24, 2.45) is 0 Å². The van der Waals surface area contributed by atoms with E-state index in [0.29, 0.717) is 12.8 Å². The molecule has 0 aromatic carbocycles. The average Bonchev–Trinajstić information content (AvgIpc) is 2.63. The molecule has 0 unspecified atom stereocenters. The number of aliphatic hydroxyl groups excluding tert-OH is 3. The van der Waals surface area contributed by atoms with Gasteiger partial charge in [0.05, 0.1) is 6.61 Å². The van der Waals surface area contributed by atoms with Crippen LogP contribution in [0.2, 0.25) is 0 Å². The van der Waals surface area contributed by atoms with E-state index in [-0.39, 0.29) is 0 Å². The van der Waals surface area contributed by atoms with E-state index in [0.717, 1.165) is 12.5 Å². The molecule has 29 heavy (non-hydrogen) atoms. The number of esters is 2. The van der Waals surface area contributed by atoms with Crippen LogP contribution in [0.5, 0.6) is 0 Å². The van der Waals surface area contributed by atoms with Gasteiger partial charge in [-0.2, -0.15) is 0 Å². The third-order valence-corrected chi connectivity index (χ3v) is 4.65. The van der Waals surface area contributed by atoms with Gasteiger partial charge >= 0.3 is 11.9 Å². The van der Waals surface area contributed by atoms with Crippen molar-refractivity contribution in [3.8, 4) is 0 Å². The highest BCUT2D eigenvalue weighted by molar-refractivity contribution is 5.66. The van der Waals surface area contributed by atoms with Crippen molar-refractivity contribution in [2.75, 3.05) is 6.61 Å². The lowest BCUT2D eigenvalue weighted by Crippen LogP contribution is -2.62. The summed E-state index contributed by atoms with van der Waals surface area (Å²) in [5.74, 6) is -1.22. The van der Waals surface area contributed by atoms with Gasteiger partial charge in [-0.05, 0) is 26.7 Å². The van der Waals surface area contributed by atoms with Crippen LogP contribution in [0.15, 0.2) is 24.8 Å². The molecule has 1 fully saturated rings. The molecule has 0 bridgehead atoms. The number of rotatable bonds is 10. The van der Waals surface area contributed by atoms with E-state index < -0.39 is 61.0 Å². The maximum Gasteiger partial charge on any atom is 0.303 e. The van der Waals surface area contributed by atoms with Crippen LogP contribution in [0.1, 0.15) is 40.5 Å². The van der Waals surface area contributed by atoms with Crippen LogP contribution in [0.3, 0.4) is 0 Å². The summed E-state index contributed by atoms with van der Waals surface area (Å²) in [6.45, 7) is 12.6. The average molecular weight is 416 g/mol. The van der Waals surface area contributed by atoms with Gasteiger partial charge in [-0.3, -0.25) is 9.59 Å². The fourth-order valence-electron chi connectivity index (χ4n) is 3.01. The van der Waals surface area contributed by atoms with Crippen molar-refractivity contribution in [3.63, 3.8) is 0 Å². The van der Waals surface area contributed by atoms with Gasteiger partial charge in [-0.1, -0.05) is 24.8 Å². The van der Waals surface area contributed by atoms with Gasteiger partial charge in [0.2, 0.25) is 0 Å². The number of hydrogen-bond donors (Lipinski definition) is 3. The van der Waals surface area contributed by atoms with E-state index in [1.807, 2.05) is 0 Å². The van der Waals surface area contributed by atoms with Crippen molar-refractivity contribution in [3.05, 3.63) is 24.8 Å². The lowest BCUT2D eigenvalue weighted by molar-refractivity contribution is -0.333. The standard InChI is InChI=1S/C20H32O9/c1-7-11(2)8-9-15(26-12(3)22)20(5,6)29-19-18(27-13(4)23)17(25)16(24)14(10-21)28-19/h7,14-19,21,24-25H,1-2,8-10H2,3-6H3/t14-,15+,16-,17+,18+,19+/m1/s1. The maximum absolute atomic E-state index is 11.6. The minimum Gasteiger partial charge on any atom is -0.459 e. The number of carbonyl (C=O) groups excluding carboxylic acids is 2. The van der Waals surface area contributed by atoms with Gasteiger partial charge in [0.25, 0.3) is 0 Å². The molecular formula is C20H32O9. The van der Waals surface area contributed by atoms with Gasteiger partial charge in [0.15, 0.2) is 12.4 Å². The zero-order valence-electron chi connectivity index (χ0n) is 17.4. The van der Waals surface area contributed by atoms with E-state index in [4.69, 9.17) is 18.9 Å². The van der Waals surface area contributed by atoms with E-state index in [1.54, 1.807) is 19.9 Å². The van der Waals surface area contributed by atoms with Gasteiger partial charge in [-0.25, -0.2) is 0 Å². The predicted octanol–water partition coefficient (Wildman–Crippen LogP) is 0.606. The highest BCUT2D eigenvalue weighted by atomic mass is 16.7. The Morgan fingerprint density at radius 1 is 1.21 bits per heavy atom. The first-order valence-electron chi connectivity index (χ1n) is 9.37. The summed E-state index contributed by atoms with van der Waals surface area (Å²) < 4.78 is 22.0. The fraction of sp³-hybridized carbons (Fsp3) is 0.700. The van der Waals surface area contributed by atoms with Crippen molar-refractivity contribution in [2.45, 2.75) is 82.9 Å². The number of hydrogen-bond acceptors (Lipinski definition) is 9. The lowest BCUT2D eigenvalue weighted by atomic mass is 9.94. The van der Waals surface area contributed by atoms with Crippen molar-refractivity contribution >= 4 is 11.9 Å². The Kier molecular flexibility index (Phi) is 9.44. The second-order valence-corrected chi connectivity index (χ2v) is 7.50. The summed E-state index contributed by atoms with van der Waals surface area (Å²) >= 11 is 0. The fourth-order valence-corrected chi connectivity index (χ4v) is 3.01. The Balaban J connectivity index is 3.08. The van der Waals surface area contributed by atoms with Crippen molar-refractivity contribution < 1.29 is 43.9 Å². The SMILES string of the molecule is C=CC(=C)CC[C@H](OC(C)=O)C(C)(C)O[C@@H]1O[C@H](CO)[C@@H](O)[C@H](O)[C@@H]1OC(C)=O. The molecule has 1 aliphatic heterocycles. The van der Waals surface area contributed by atoms with Crippen LogP contribution in [-0.4, -0.2) is 76.3 Å². The van der Waals surface area contributed by atoms with E-state index in [1.165, 1.54) is 6.92 Å². The van der Waals surface area contributed by atoms with Gasteiger partial charge < -0.3 is 34.3 Å². The van der Waals surface area contributed by atoms with Gasteiger partial charge in [0, 0.05) is 13.8 Å². The Labute approximate surface area is 170 Å². The minimum atomic E-state index is -1.54. The molecule has 9 nitrogen and oxygen atoms in total. The highest BCUT2D eigenvalue weighted by Crippen LogP contribution is 2.31. The Hall–Kier alpha value is -1.78. The normalized spacial score (nSPS) is 28.3. The molecular weight excluding hydrogens is 384 g/mol. The Morgan fingerprint density at radius 2 is 1.83 bits per heavy atom. The summed E-state index contributed by atoms with van der Waals surface area (Å²) in [4.78, 5) is 23.0. The summed E-state index contributed by atoms with van der Waals surface area (Å²) in [6, 6.07) is 0. The molecule has 0 aromatic heterocycles. The zero-order chi connectivity index (χ0) is 22.4. The molecule has 0 aromatic rings. The number of ether oxygens (including phenoxy) is 4. The third kappa shape index (κ3) is 7.20. The largest absolute Gasteiger partial charge is 0.459 e. The van der Waals surface area contributed by atoms with E-state index in [9.17, 15) is 24.9 Å². The topological polar surface area (TPSA) is 132 Å². The molecule has 0 saturated carbocycles. The van der Waals surface area contributed by atoms with E-state index in [2.05, 4.69) is 13.2 Å². The molecule has 0 aliphatic carbocycles. The summed E-state index contributed by atoms with van der Waals surface area (Å²) in [7, 11) is 0. The van der Waals surface area contributed by atoms with Gasteiger partial charge in [0.1, 0.15) is 30.0 Å². The van der Waals surface area contributed by atoms with Crippen molar-refractivity contribution in [1.82, 2.24) is 0 Å². The van der Waals surface area contributed by atoms with E-state index >= 15 is 0 Å². The molecule has 0 amide bonds. The molecule has 1 saturated heterocycles. The Morgan fingerprint density at radius 3 is 2.31 bits per heavy atom. The number of allylic oxidation sites excluding steroid dienone is 2. The maximum atomic E-state index is 11.6. The molecule has 3 N–H and O–H groups in total. The van der Waals surface area contributed by atoms with Crippen LogP contribution >= 0.6 is 0 Å². The number of carbonyl (C=O) groups is 2. The molecule has 1 aliphatic rings. The molecule has 1 rings (SSSR count). The smallest absolute Gasteiger partial charge is 0.303 e. The molecule has 0 radical (unpaired) electrons. The molecule has 9 heteroatoms. The molecule has 6 atom stereocenters. The quantitative estimate of drug-likeness (QED) is 0.346.